The first kappa shape index (κ1) is 41.2. The van der Waals surface area contributed by atoms with Crippen molar-refractivity contribution >= 4 is 46.3 Å². The molecular formula is C47H51N7O8. The summed E-state index contributed by atoms with van der Waals surface area (Å²) in [6, 6.07) is 21.3. The molecule has 322 valence electrons. The van der Waals surface area contributed by atoms with Crippen molar-refractivity contribution in [2.24, 2.45) is 0 Å². The van der Waals surface area contributed by atoms with Crippen LogP contribution >= 0.6 is 0 Å². The number of carbonyl (C=O) groups excluding carboxylic acids is 6. The van der Waals surface area contributed by atoms with E-state index < -0.39 is 18.0 Å². The molecule has 3 N–H and O–H groups in total. The molecule has 0 aliphatic carbocycles. The van der Waals surface area contributed by atoms with Crippen LogP contribution in [0, 0.1) is 6.92 Å². The number of pyridine rings is 1. The van der Waals surface area contributed by atoms with E-state index in [1.165, 1.54) is 5.56 Å². The van der Waals surface area contributed by atoms with Gasteiger partial charge in [-0.3, -0.25) is 49.3 Å². The van der Waals surface area contributed by atoms with E-state index in [-0.39, 0.29) is 54.6 Å². The van der Waals surface area contributed by atoms with E-state index in [4.69, 9.17) is 9.47 Å². The van der Waals surface area contributed by atoms with Gasteiger partial charge in [0.15, 0.2) is 0 Å². The molecule has 0 spiro atoms. The largest absolute Gasteiger partial charge is 0.489 e. The quantitative estimate of drug-likeness (QED) is 0.219. The van der Waals surface area contributed by atoms with E-state index in [1.54, 1.807) is 21.9 Å². The molecule has 6 amide bonds. The molecule has 10 rings (SSSR count). The Labute approximate surface area is 359 Å². The summed E-state index contributed by atoms with van der Waals surface area (Å²) in [6.45, 7) is 9.58. The molecule has 4 aromatic rings. The van der Waals surface area contributed by atoms with Gasteiger partial charge in [0.05, 0.1) is 5.52 Å². The average molecular weight is 842 g/mol. The number of ether oxygens (including phenoxy) is 2. The molecule has 2 unspecified atom stereocenters. The Balaban J connectivity index is 0.000000171. The van der Waals surface area contributed by atoms with Crippen molar-refractivity contribution in [3.8, 4) is 11.5 Å². The van der Waals surface area contributed by atoms with Crippen molar-refractivity contribution in [1.82, 2.24) is 35.6 Å². The molecule has 7 heterocycles. The van der Waals surface area contributed by atoms with Gasteiger partial charge in [0.25, 0.3) is 11.8 Å². The Bertz CT molecular complexity index is 2490. The maximum absolute atomic E-state index is 12.9. The summed E-state index contributed by atoms with van der Waals surface area (Å²) in [5.41, 5.74) is 6.23. The first-order chi connectivity index (χ1) is 29.8. The van der Waals surface area contributed by atoms with Crippen LogP contribution in [0.2, 0.25) is 0 Å². The number of imide groups is 2. The Kier molecular flexibility index (Phi) is 11.2. The molecule has 62 heavy (non-hydrogen) atoms. The minimum atomic E-state index is -0.610. The molecule has 3 aromatic carbocycles. The van der Waals surface area contributed by atoms with Crippen LogP contribution in [0.25, 0.3) is 10.9 Å². The Morgan fingerprint density at radius 1 is 0.694 bits per heavy atom. The van der Waals surface area contributed by atoms with E-state index in [2.05, 4.69) is 63.9 Å². The highest BCUT2D eigenvalue weighted by atomic mass is 16.5. The number of aryl methyl sites for hydroxylation is 1. The normalized spacial score (nSPS) is 26.0. The van der Waals surface area contributed by atoms with Gasteiger partial charge >= 0.3 is 0 Å². The van der Waals surface area contributed by atoms with Gasteiger partial charge in [-0.05, 0) is 105 Å². The minimum Gasteiger partial charge on any atom is -0.489 e. The van der Waals surface area contributed by atoms with Crippen LogP contribution in [0.1, 0.15) is 95.5 Å². The highest BCUT2D eigenvalue weighted by Gasteiger charge is 2.41. The lowest BCUT2D eigenvalue weighted by Gasteiger charge is -2.29. The van der Waals surface area contributed by atoms with Gasteiger partial charge < -0.3 is 24.6 Å². The number of hydrogen-bond donors (Lipinski definition) is 3. The Hall–Kier alpha value is -6.19. The fourth-order valence-electron chi connectivity index (χ4n) is 9.58. The smallest absolute Gasteiger partial charge is 0.255 e. The number of rotatable bonds is 8. The van der Waals surface area contributed by atoms with Gasteiger partial charge in [-0.25, -0.2) is 0 Å². The third kappa shape index (κ3) is 8.51. The topological polar surface area (TPSA) is 180 Å². The highest BCUT2D eigenvalue weighted by Crippen LogP contribution is 2.33. The molecular weight excluding hydrogens is 791 g/mol. The van der Waals surface area contributed by atoms with Gasteiger partial charge in [0, 0.05) is 92.7 Å². The lowest BCUT2D eigenvalue weighted by atomic mass is 10.0. The molecule has 4 saturated heterocycles. The van der Waals surface area contributed by atoms with Crippen LogP contribution in [0.5, 0.6) is 11.5 Å². The van der Waals surface area contributed by atoms with Crippen molar-refractivity contribution in [3.05, 3.63) is 100 Å². The van der Waals surface area contributed by atoms with Gasteiger partial charge in [0.1, 0.15) is 35.8 Å². The number of amides is 6. The van der Waals surface area contributed by atoms with Gasteiger partial charge in [-0.15, -0.1) is 0 Å². The first-order valence-electron chi connectivity index (χ1n) is 21.6. The van der Waals surface area contributed by atoms with Crippen LogP contribution in [-0.4, -0.2) is 105 Å². The molecule has 6 aliphatic heterocycles. The van der Waals surface area contributed by atoms with Crippen LogP contribution < -0.4 is 25.4 Å². The van der Waals surface area contributed by atoms with E-state index in [1.807, 2.05) is 37.3 Å². The molecule has 15 nitrogen and oxygen atoms in total. The zero-order chi connectivity index (χ0) is 43.2. The number of nitrogens with one attached hydrogen (secondary N) is 3. The summed E-state index contributed by atoms with van der Waals surface area (Å²) in [5, 5.41) is 9.16. The van der Waals surface area contributed by atoms with E-state index in [9.17, 15) is 28.8 Å². The van der Waals surface area contributed by atoms with E-state index >= 15 is 0 Å². The van der Waals surface area contributed by atoms with Crippen LogP contribution in [0.15, 0.2) is 66.7 Å². The van der Waals surface area contributed by atoms with Gasteiger partial charge in [-0.1, -0.05) is 12.1 Å². The van der Waals surface area contributed by atoms with Crippen LogP contribution in [-0.2, 0) is 38.8 Å². The van der Waals surface area contributed by atoms with Gasteiger partial charge in [-0.2, -0.15) is 0 Å². The Morgan fingerprint density at radius 3 is 1.85 bits per heavy atom. The summed E-state index contributed by atoms with van der Waals surface area (Å²) in [7, 11) is 0. The fourth-order valence-corrected chi connectivity index (χ4v) is 9.58. The summed E-state index contributed by atoms with van der Waals surface area (Å²) >= 11 is 0. The maximum atomic E-state index is 12.9. The fraction of sp³-hybridized carbons (Fsp3) is 0.426. The summed E-state index contributed by atoms with van der Waals surface area (Å²) < 4.78 is 12.4. The zero-order valence-corrected chi connectivity index (χ0v) is 35.1. The van der Waals surface area contributed by atoms with Crippen molar-refractivity contribution in [3.63, 3.8) is 0 Å². The van der Waals surface area contributed by atoms with Crippen molar-refractivity contribution < 1.29 is 38.2 Å². The van der Waals surface area contributed by atoms with E-state index in [0.717, 1.165) is 71.7 Å². The third-order valence-corrected chi connectivity index (χ3v) is 12.8. The third-order valence-electron chi connectivity index (χ3n) is 12.8. The molecule has 0 saturated carbocycles. The van der Waals surface area contributed by atoms with Crippen molar-refractivity contribution in [2.45, 2.75) is 115 Å². The van der Waals surface area contributed by atoms with Crippen LogP contribution in [0.3, 0.4) is 0 Å². The highest BCUT2D eigenvalue weighted by molar-refractivity contribution is 6.06. The number of aromatic nitrogens is 1. The molecule has 6 atom stereocenters. The predicted molar refractivity (Wildman–Crippen MR) is 227 cm³/mol. The number of carbonyl (C=O) groups is 6. The monoisotopic (exact) mass is 841 g/mol. The lowest BCUT2D eigenvalue weighted by Crippen LogP contribution is -2.52. The molecule has 6 aliphatic rings. The Morgan fingerprint density at radius 2 is 1.29 bits per heavy atom. The summed E-state index contributed by atoms with van der Waals surface area (Å²) in [5.74, 6) is -0.189. The zero-order valence-electron chi connectivity index (χ0n) is 35.1. The standard InChI is InChI=1S/C29H30N4O4.C18H21N3O4/c1-17-3-5-20-12-19(4-8-25(20)30-17)14-32-16-23(11-18(32)2)37-22-6-7-24-21(13-22)15-33(29(24)36)26-9-10-27(34)31-28(26)35;1-10-6-13(8-19-10)25-12-2-3-14-11(7-12)9-21(18(14)24)15-4-5-16(22)20-17(15)23/h3-8,12-13,18,23,26H,9-11,14-16H2,1-2H3,(H,31,34,35);2-3,7,10,13,15,19H,4-6,8-9H2,1H3,(H,20,22,23)/t18-,23-,26?;10-,13-,15?/m00/s1. The number of piperidine rings is 2. The number of nitrogens with zero attached hydrogens (tertiary/aromatic N) is 4. The molecule has 1 aromatic heterocycles. The SMILES string of the molecule is C[C@H]1C[C@H](Oc2ccc3c(c2)CN(C2CCC(=O)NC2=O)C3=O)CN1.Cc1ccc2cc(CN3C[C@@H](Oc4ccc5c(c4)CN(C4CCC(=O)NC4=O)C5=O)C[C@@H]3C)ccc2n1. The molecule has 4 fully saturated rings. The first-order valence-corrected chi connectivity index (χ1v) is 21.6. The second-order valence-corrected chi connectivity index (χ2v) is 17.5. The molecule has 15 heteroatoms. The molecule has 0 bridgehead atoms. The number of fused-ring (bicyclic) bond motifs is 3. The lowest BCUT2D eigenvalue weighted by molar-refractivity contribution is -0.138. The minimum absolute atomic E-state index is 0.0566. The summed E-state index contributed by atoms with van der Waals surface area (Å²) in [4.78, 5) is 82.9. The van der Waals surface area contributed by atoms with Crippen molar-refractivity contribution in [1.29, 1.82) is 0 Å². The average Bonchev–Trinajstić information content (AvgIpc) is 3.99. The van der Waals surface area contributed by atoms with Gasteiger partial charge in [0.2, 0.25) is 23.6 Å². The second-order valence-electron chi connectivity index (χ2n) is 17.5. The number of likely N-dealkylation sites (tertiary alicyclic amines) is 1. The number of hydrogen-bond acceptors (Lipinski definition) is 11. The number of benzene rings is 3. The van der Waals surface area contributed by atoms with Crippen LogP contribution in [0.4, 0.5) is 0 Å². The predicted octanol–water partition coefficient (Wildman–Crippen LogP) is 3.92. The second kappa shape index (κ2) is 16.9. The molecule has 0 radical (unpaired) electrons. The van der Waals surface area contributed by atoms with Crippen molar-refractivity contribution in [2.75, 3.05) is 13.1 Å². The maximum Gasteiger partial charge on any atom is 0.255 e. The summed E-state index contributed by atoms with van der Waals surface area (Å²) in [6.07, 6.45) is 3.31. The van der Waals surface area contributed by atoms with E-state index in [0.29, 0.717) is 49.1 Å².